The lowest BCUT2D eigenvalue weighted by atomic mass is 10.3. The first kappa shape index (κ1) is 18.3. The number of imidazole rings is 1. The van der Waals surface area contributed by atoms with Crippen molar-refractivity contribution in [2.24, 2.45) is 0 Å². The van der Waals surface area contributed by atoms with Crippen molar-refractivity contribution in [3.05, 3.63) is 96.1 Å². The maximum atomic E-state index is 13.4. The zero-order valence-corrected chi connectivity index (χ0v) is 14.9. The summed E-state index contributed by atoms with van der Waals surface area (Å²) in [6.07, 6.45) is 1.59. The summed E-state index contributed by atoms with van der Waals surface area (Å²) in [7, 11) is 0. The van der Waals surface area contributed by atoms with Gasteiger partial charge in [0.2, 0.25) is 5.82 Å². The molecule has 0 aliphatic rings. The van der Waals surface area contributed by atoms with Gasteiger partial charge >= 0.3 is 0 Å². The third kappa shape index (κ3) is 3.68. The molecule has 144 valence electrons. The van der Waals surface area contributed by atoms with E-state index in [1.165, 1.54) is 10.5 Å². The average molecular weight is 392 g/mol. The molecule has 2 aromatic heterocycles. The predicted molar refractivity (Wildman–Crippen MR) is 104 cm³/mol. The molecule has 4 rings (SSSR count). The lowest BCUT2D eigenvalue weighted by molar-refractivity contribution is 0.101. The summed E-state index contributed by atoms with van der Waals surface area (Å²) in [6, 6.07) is 16.9. The van der Waals surface area contributed by atoms with Gasteiger partial charge in [-0.3, -0.25) is 14.0 Å². The van der Waals surface area contributed by atoms with E-state index in [-0.39, 0.29) is 17.2 Å². The number of halogens is 2. The number of amides is 2. The molecular formula is C21H14F2N4O2. The van der Waals surface area contributed by atoms with Crippen LogP contribution in [0, 0.1) is 11.6 Å². The Kier molecular flexibility index (Phi) is 4.74. The zero-order valence-electron chi connectivity index (χ0n) is 14.9. The molecule has 0 saturated heterocycles. The highest BCUT2D eigenvalue weighted by atomic mass is 19.2. The van der Waals surface area contributed by atoms with Gasteiger partial charge in [-0.1, -0.05) is 24.3 Å². The molecule has 0 fully saturated rings. The van der Waals surface area contributed by atoms with Crippen LogP contribution in [0.5, 0.6) is 0 Å². The Morgan fingerprint density at radius 2 is 1.52 bits per heavy atom. The van der Waals surface area contributed by atoms with Crippen LogP contribution in [0.1, 0.15) is 21.1 Å². The van der Waals surface area contributed by atoms with Gasteiger partial charge in [0.15, 0.2) is 17.3 Å². The van der Waals surface area contributed by atoms with E-state index in [4.69, 9.17) is 0 Å². The van der Waals surface area contributed by atoms with Crippen LogP contribution < -0.4 is 10.6 Å². The summed E-state index contributed by atoms with van der Waals surface area (Å²) in [5.74, 6) is -3.32. The van der Waals surface area contributed by atoms with E-state index in [2.05, 4.69) is 15.6 Å². The molecule has 0 atom stereocenters. The van der Waals surface area contributed by atoms with Crippen LogP contribution in [0.25, 0.3) is 5.52 Å². The number of benzene rings is 2. The number of rotatable bonds is 4. The summed E-state index contributed by atoms with van der Waals surface area (Å²) in [5.41, 5.74) is 1.14. The van der Waals surface area contributed by atoms with Gasteiger partial charge in [-0.15, -0.1) is 0 Å². The molecule has 0 bridgehead atoms. The van der Waals surface area contributed by atoms with Crippen LogP contribution in [0.15, 0.2) is 72.9 Å². The highest BCUT2D eigenvalue weighted by Crippen LogP contribution is 2.18. The van der Waals surface area contributed by atoms with Gasteiger partial charge in [0, 0.05) is 23.6 Å². The number of carbonyl (C=O) groups excluding carboxylic acids is 2. The average Bonchev–Trinajstić information content (AvgIpc) is 3.11. The maximum absolute atomic E-state index is 13.4. The van der Waals surface area contributed by atoms with Crippen LogP contribution >= 0.6 is 0 Å². The fourth-order valence-corrected chi connectivity index (χ4v) is 2.84. The molecule has 4 aromatic rings. The number of para-hydroxylation sites is 1. The van der Waals surface area contributed by atoms with Gasteiger partial charge in [-0.05, 0) is 36.4 Å². The van der Waals surface area contributed by atoms with Crippen molar-refractivity contribution >= 4 is 28.7 Å². The van der Waals surface area contributed by atoms with Gasteiger partial charge in [0.1, 0.15) is 0 Å². The summed E-state index contributed by atoms with van der Waals surface area (Å²) in [5, 5.41) is 5.19. The molecule has 2 amide bonds. The molecule has 2 heterocycles. The van der Waals surface area contributed by atoms with Gasteiger partial charge in [-0.2, -0.15) is 0 Å². The van der Waals surface area contributed by atoms with Crippen molar-refractivity contribution in [1.29, 1.82) is 0 Å². The fourth-order valence-electron chi connectivity index (χ4n) is 2.84. The van der Waals surface area contributed by atoms with Crippen molar-refractivity contribution in [3.8, 4) is 0 Å². The van der Waals surface area contributed by atoms with E-state index >= 15 is 0 Å². The third-order valence-corrected chi connectivity index (χ3v) is 4.18. The normalized spacial score (nSPS) is 10.7. The van der Waals surface area contributed by atoms with E-state index in [1.807, 2.05) is 6.07 Å². The van der Waals surface area contributed by atoms with E-state index in [0.29, 0.717) is 11.2 Å². The number of carbonyl (C=O) groups is 2. The smallest absolute Gasteiger partial charge is 0.292 e. The van der Waals surface area contributed by atoms with Crippen LogP contribution in [-0.4, -0.2) is 21.2 Å². The number of fused-ring (bicyclic) bond motifs is 1. The number of pyridine rings is 1. The van der Waals surface area contributed by atoms with Crippen LogP contribution in [0.3, 0.4) is 0 Å². The summed E-state index contributed by atoms with van der Waals surface area (Å²) in [4.78, 5) is 29.6. The molecule has 0 spiro atoms. The molecule has 0 aliphatic carbocycles. The van der Waals surface area contributed by atoms with Gasteiger partial charge in [0.05, 0.1) is 5.52 Å². The molecule has 8 heteroatoms. The molecule has 29 heavy (non-hydrogen) atoms. The molecule has 0 radical (unpaired) electrons. The van der Waals surface area contributed by atoms with Crippen LogP contribution in [0.2, 0.25) is 0 Å². The summed E-state index contributed by atoms with van der Waals surface area (Å²) >= 11 is 0. The molecular weight excluding hydrogens is 378 g/mol. The van der Waals surface area contributed by atoms with Gasteiger partial charge in [0.25, 0.3) is 11.8 Å². The molecule has 0 aliphatic heterocycles. The zero-order chi connectivity index (χ0) is 20.4. The second-order valence-electron chi connectivity index (χ2n) is 6.14. The lowest BCUT2D eigenvalue weighted by Gasteiger charge is -2.05. The minimum atomic E-state index is -1.08. The minimum absolute atomic E-state index is 0.0601. The first-order valence-corrected chi connectivity index (χ1v) is 8.63. The Morgan fingerprint density at radius 3 is 2.28 bits per heavy atom. The Hall–Kier alpha value is -4.07. The van der Waals surface area contributed by atoms with Crippen molar-refractivity contribution in [2.45, 2.75) is 0 Å². The highest BCUT2D eigenvalue weighted by molar-refractivity contribution is 6.10. The molecule has 2 aromatic carbocycles. The molecule has 0 unspecified atom stereocenters. The number of nitrogens with zero attached hydrogens (tertiary/aromatic N) is 2. The lowest BCUT2D eigenvalue weighted by Crippen LogP contribution is -2.16. The number of hydrogen-bond acceptors (Lipinski definition) is 3. The van der Waals surface area contributed by atoms with Gasteiger partial charge in [-0.25, -0.2) is 13.8 Å². The second-order valence-corrected chi connectivity index (χ2v) is 6.14. The van der Waals surface area contributed by atoms with Crippen LogP contribution in [0.4, 0.5) is 20.2 Å². The van der Waals surface area contributed by atoms with Crippen molar-refractivity contribution < 1.29 is 18.4 Å². The fraction of sp³-hybridized carbons (Fsp3) is 0. The summed E-state index contributed by atoms with van der Waals surface area (Å²) in [6.45, 7) is 0. The minimum Gasteiger partial charge on any atom is -0.321 e. The SMILES string of the molecule is O=C(Nc1ccccc1)c1nc(C(=O)Nc2ccc(F)c(F)c2)n2ccccc12. The molecule has 0 saturated carbocycles. The molecule has 2 N–H and O–H groups in total. The standard InChI is InChI=1S/C21H14F2N4O2/c22-15-10-9-14(12-16(15)23)25-21(29)19-26-18(17-8-4-5-11-27(17)19)20(28)24-13-6-2-1-3-7-13/h1-12H,(H,24,28)(H,25,29). The topological polar surface area (TPSA) is 75.5 Å². The number of aromatic nitrogens is 2. The van der Waals surface area contributed by atoms with E-state index in [1.54, 1.807) is 48.7 Å². The van der Waals surface area contributed by atoms with Crippen molar-refractivity contribution in [1.82, 2.24) is 9.38 Å². The Labute approximate surface area is 163 Å². The Bertz CT molecular complexity index is 1220. The molecule has 6 nitrogen and oxygen atoms in total. The largest absolute Gasteiger partial charge is 0.321 e. The third-order valence-electron chi connectivity index (χ3n) is 4.18. The predicted octanol–water partition coefficient (Wildman–Crippen LogP) is 4.12. The number of hydrogen-bond donors (Lipinski definition) is 2. The first-order chi connectivity index (χ1) is 14.0. The first-order valence-electron chi connectivity index (χ1n) is 8.63. The van der Waals surface area contributed by atoms with Crippen molar-refractivity contribution in [2.75, 3.05) is 10.6 Å². The maximum Gasteiger partial charge on any atom is 0.292 e. The van der Waals surface area contributed by atoms with E-state index < -0.39 is 23.4 Å². The second kappa shape index (κ2) is 7.51. The number of anilines is 2. The Balaban J connectivity index is 1.67. The monoisotopic (exact) mass is 392 g/mol. The van der Waals surface area contributed by atoms with E-state index in [0.717, 1.165) is 12.1 Å². The summed E-state index contributed by atoms with van der Waals surface area (Å²) < 4.78 is 27.9. The number of nitrogens with one attached hydrogen (secondary N) is 2. The van der Waals surface area contributed by atoms with Crippen LogP contribution in [-0.2, 0) is 0 Å². The Morgan fingerprint density at radius 1 is 0.793 bits per heavy atom. The van der Waals surface area contributed by atoms with Gasteiger partial charge < -0.3 is 10.6 Å². The van der Waals surface area contributed by atoms with Crippen molar-refractivity contribution in [3.63, 3.8) is 0 Å². The van der Waals surface area contributed by atoms with E-state index in [9.17, 15) is 18.4 Å². The quantitative estimate of drug-likeness (QED) is 0.549. The highest BCUT2D eigenvalue weighted by Gasteiger charge is 2.22.